The molecule has 9 heteroatoms. The lowest BCUT2D eigenvalue weighted by Gasteiger charge is -2.61. The summed E-state index contributed by atoms with van der Waals surface area (Å²) in [5.41, 5.74) is -2.91. The van der Waals surface area contributed by atoms with Crippen LogP contribution in [-0.4, -0.2) is 48.3 Å². The van der Waals surface area contributed by atoms with E-state index in [1.54, 1.807) is 0 Å². The van der Waals surface area contributed by atoms with Crippen LogP contribution in [0.3, 0.4) is 0 Å². The molecule has 1 aromatic rings. The largest absolute Gasteiger partial charge is 0.465 e. The Morgan fingerprint density at radius 3 is 2.54 bits per heavy atom. The molecule has 0 amide bonds. The van der Waals surface area contributed by atoms with Crippen molar-refractivity contribution in [2.45, 2.75) is 51.7 Å². The topological polar surface area (TPSA) is 113 Å². The van der Waals surface area contributed by atoms with Crippen molar-refractivity contribution in [1.82, 2.24) is 0 Å². The summed E-state index contributed by atoms with van der Waals surface area (Å²) in [5, 5.41) is 0. The van der Waals surface area contributed by atoms with E-state index in [1.165, 1.54) is 30.3 Å². The van der Waals surface area contributed by atoms with E-state index in [1.807, 2.05) is 13.8 Å². The van der Waals surface area contributed by atoms with E-state index in [0.717, 1.165) is 6.08 Å². The van der Waals surface area contributed by atoms with Crippen LogP contribution in [0, 0.1) is 39.8 Å². The molecule has 194 valence electrons. The van der Waals surface area contributed by atoms with E-state index < -0.39 is 81.5 Å². The van der Waals surface area contributed by atoms with E-state index in [9.17, 15) is 28.4 Å². The zero-order chi connectivity index (χ0) is 26.3. The van der Waals surface area contributed by atoms with Gasteiger partial charge < -0.3 is 14.2 Å². The Hall–Kier alpha value is -3.36. The van der Waals surface area contributed by atoms with Gasteiger partial charge >= 0.3 is 17.9 Å². The monoisotopic (exact) mass is 510 g/mol. The maximum atomic E-state index is 13.7. The van der Waals surface area contributed by atoms with Crippen molar-refractivity contribution >= 4 is 35.6 Å². The highest BCUT2D eigenvalue weighted by atomic mass is 19.1. The average Bonchev–Trinajstić information content (AvgIpc) is 3.27. The van der Waals surface area contributed by atoms with Crippen LogP contribution in [0.4, 0.5) is 4.39 Å². The molecule has 5 aliphatic rings. The Labute approximate surface area is 212 Å². The van der Waals surface area contributed by atoms with E-state index in [-0.39, 0.29) is 13.0 Å². The smallest absolute Gasteiger partial charge is 0.331 e. The Morgan fingerprint density at radius 1 is 1.08 bits per heavy atom. The molecule has 8 nitrogen and oxygen atoms in total. The first-order valence-corrected chi connectivity index (χ1v) is 12.6. The molecule has 5 fully saturated rings. The van der Waals surface area contributed by atoms with E-state index in [2.05, 4.69) is 0 Å². The molecule has 2 bridgehead atoms. The van der Waals surface area contributed by atoms with Crippen molar-refractivity contribution < 1.29 is 42.6 Å². The third-order valence-electron chi connectivity index (χ3n) is 9.50. The number of hydrogen-bond donors (Lipinski definition) is 0. The molecule has 2 aliphatic heterocycles. The molecule has 2 spiro atoms. The Bertz CT molecular complexity index is 1270. The summed E-state index contributed by atoms with van der Waals surface area (Å²) in [6, 6.07) is 5.44. The van der Waals surface area contributed by atoms with Crippen LogP contribution >= 0.6 is 0 Å². The van der Waals surface area contributed by atoms with Crippen molar-refractivity contribution in [1.29, 1.82) is 0 Å². The second-order valence-corrected chi connectivity index (χ2v) is 11.6. The predicted molar refractivity (Wildman–Crippen MR) is 124 cm³/mol. The van der Waals surface area contributed by atoms with Crippen LogP contribution in [-0.2, 0) is 38.2 Å². The molecule has 0 aromatic heterocycles. The van der Waals surface area contributed by atoms with Crippen molar-refractivity contribution in [3.05, 3.63) is 41.7 Å². The molecule has 37 heavy (non-hydrogen) atoms. The maximum absolute atomic E-state index is 13.7. The molecule has 3 saturated carbocycles. The highest BCUT2D eigenvalue weighted by Crippen LogP contribution is 2.70. The average molecular weight is 511 g/mol. The molecule has 0 radical (unpaired) electrons. The van der Waals surface area contributed by atoms with Gasteiger partial charge in [-0.2, -0.15) is 0 Å². The highest BCUT2D eigenvalue weighted by Gasteiger charge is 2.82. The number of fused-ring (bicyclic) bond motifs is 1. The van der Waals surface area contributed by atoms with Crippen LogP contribution in [0.25, 0.3) is 6.08 Å². The molecule has 7 atom stereocenters. The molecular weight excluding hydrogens is 483 g/mol. The number of ether oxygens (including phenoxy) is 3. The second-order valence-electron chi connectivity index (χ2n) is 11.6. The first-order valence-electron chi connectivity index (χ1n) is 12.6. The lowest BCUT2D eigenvalue weighted by molar-refractivity contribution is -0.246. The summed E-state index contributed by atoms with van der Waals surface area (Å²) in [6.07, 6.45) is 2.31. The van der Waals surface area contributed by atoms with Crippen molar-refractivity contribution in [2.24, 2.45) is 34.0 Å². The Kier molecular flexibility index (Phi) is 5.07. The predicted octanol–water partition coefficient (Wildman–Crippen LogP) is 2.82. The SMILES string of the molecule is CC1(C)CC[C@@H]2OC(=O)[C@]34C(=O)C(=O)[C@H](CC[C@H]3[C@]23COC(=O)[C@H]13)[C@H]4OC(=O)/C=C/c1ccc(F)cc1. The number of carbonyl (C=O) groups is 5. The van der Waals surface area contributed by atoms with Crippen LogP contribution in [0.5, 0.6) is 0 Å². The normalized spacial score (nSPS) is 39.5. The number of carbonyl (C=O) groups excluding carboxylic acids is 5. The Balaban J connectivity index is 1.40. The van der Waals surface area contributed by atoms with Crippen LogP contribution in [0.1, 0.15) is 45.1 Å². The number of ketones is 2. The maximum Gasteiger partial charge on any atom is 0.331 e. The molecule has 2 heterocycles. The summed E-state index contributed by atoms with van der Waals surface area (Å²) in [5.74, 6) is -6.48. The van der Waals surface area contributed by atoms with Gasteiger partial charge in [-0.05, 0) is 60.8 Å². The summed E-state index contributed by atoms with van der Waals surface area (Å²) in [6.45, 7) is 3.92. The number of benzene rings is 1. The van der Waals surface area contributed by atoms with Gasteiger partial charge in [0.25, 0.3) is 0 Å². The molecule has 0 N–H and O–H groups in total. The summed E-state index contributed by atoms with van der Waals surface area (Å²) < 4.78 is 30.4. The fraction of sp³-hybridized carbons (Fsp3) is 0.536. The lowest BCUT2D eigenvalue weighted by Crippen LogP contribution is -2.71. The van der Waals surface area contributed by atoms with Gasteiger partial charge in [-0.15, -0.1) is 0 Å². The molecule has 0 unspecified atom stereocenters. The van der Waals surface area contributed by atoms with Gasteiger partial charge in [0.05, 0.1) is 17.3 Å². The number of halogens is 1. The van der Waals surface area contributed by atoms with Crippen LogP contribution < -0.4 is 0 Å². The molecule has 2 saturated heterocycles. The molecular formula is C28H27FO8. The van der Waals surface area contributed by atoms with Crippen LogP contribution in [0.2, 0.25) is 0 Å². The molecule has 3 aliphatic carbocycles. The number of cyclic esters (lactones) is 1. The first-order chi connectivity index (χ1) is 17.5. The Morgan fingerprint density at radius 2 is 1.81 bits per heavy atom. The van der Waals surface area contributed by atoms with Gasteiger partial charge in [0.15, 0.2) is 5.41 Å². The van der Waals surface area contributed by atoms with E-state index in [4.69, 9.17) is 14.2 Å². The fourth-order valence-corrected chi connectivity index (χ4v) is 8.04. The third-order valence-corrected chi connectivity index (χ3v) is 9.50. The minimum Gasteiger partial charge on any atom is -0.465 e. The highest BCUT2D eigenvalue weighted by molar-refractivity contribution is 6.46. The zero-order valence-corrected chi connectivity index (χ0v) is 20.5. The number of esters is 3. The fourth-order valence-electron chi connectivity index (χ4n) is 8.04. The van der Waals surface area contributed by atoms with Gasteiger partial charge in [-0.3, -0.25) is 19.2 Å². The van der Waals surface area contributed by atoms with Crippen LogP contribution in [0.15, 0.2) is 30.3 Å². The minimum atomic E-state index is -2.00. The van der Waals surface area contributed by atoms with Gasteiger partial charge in [0.1, 0.15) is 24.6 Å². The first kappa shape index (κ1) is 24.0. The number of rotatable bonds is 3. The summed E-state index contributed by atoms with van der Waals surface area (Å²) in [7, 11) is 0. The van der Waals surface area contributed by atoms with E-state index in [0.29, 0.717) is 24.8 Å². The minimum absolute atomic E-state index is 0.0123. The molecule has 6 rings (SSSR count). The standard InChI is InChI=1S/C28H27FO8/c1-26(2)12-11-18-27(13-35-24(33)21(26)27)17-9-8-16-20(31)22(32)28(17,25(34)36-18)23(16)37-19(30)10-5-14-3-6-15(29)7-4-14/h3-7,10,16-18,21,23H,8-9,11-13H2,1-2H3/b10-5+/t16-,17-,18-,21+,23+,27+,28-/m0/s1. The molecule has 1 aromatic carbocycles. The second kappa shape index (κ2) is 7.82. The number of Topliss-reactive ketones (excluding diaryl/α,β-unsaturated/α-hetero) is 2. The van der Waals surface area contributed by atoms with E-state index >= 15 is 0 Å². The quantitative estimate of drug-likeness (QED) is 0.201. The van der Waals surface area contributed by atoms with Gasteiger partial charge in [0, 0.05) is 6.08 Å². The van der Waals surface area contributed by atoms with Crippen molar-refractivity contribution in [3.63, 3.8) is 0 Å². The van der Waals surface area contributed by atoms with Gasteiger partial charge in [-0.25, -0.2) is 9.18 Å². The van der Waals surface area contributed by atoms with Gasteiger partial charge in [-0.1, -0.05) is 26.0 Å². The van der Waals surface area contributed by atoms with Crippen molar-refractivity contribution in [3.8, 4) is 0 Å². The number of hydrogen-bond acceptors (Lipinski definition) is 8. The third kappa shape index (κ3) is 3.03. The van der Waals surface area contributed by atoms with Gasteiger partial charge in [0.2, 0.25) is 11.6 Å². The zero-order valence-electron chi connectivity index (χ0n) is 20.5. The summed E-state index contributed by atoms with van der Waals surface area (Å²) >= 11 is 0. The lowest BCUT2D eigenvalue weighted by atomic mass is 9.43. The van der Waals surface area contributed by atoms with Crippen molar-refractivity contribution in [2.75, 3.05) is 6.61 Å². The summed E-state index contributed by atoms with van der Waals surface area (Å²) in [4.78, 5) is 66.4.